The van der Waals surface area contributed by atoms with E-state index in [0.717, 1.165) is 32.4 Å². The van der Waals surface area contributed by atoms with E-state index >= 15 is 0 Å². The third-order valence-electron chi connectivity index (χ3n) is 2.21. The molecule has 1 aromatic heterocycles. The van der Waals surface area contributed by atoms with Gasteiger partial charge < -0.3 is 9.42 Å². The summed E-state index contributed by atoms with van der Waals surface area (Å²) in [6, 6.07) is 1.61. The Labute approximate surface area is 90.2 Å². The van der Waals surface area contributed by atoms with Crippen molar-refractivity contribution in [3.63, 3.8) is 0 Å². The van der Waals surface area contributed by atoms with Crippen LogP contribution in [0.3, 0.4) is 0 Å². The van der Waals surface area contributed by atoms with Gasteiger partial charge in [-0.3, -0.25) is 4.79 Å². The van der Waals surface area contributed by atoms with Crippen LogP contribution < -0.4 is 0 Å². The summed E-state index contributed by atoms with van der Waals surface area (Å²) in [6.07, 6.45) is 4.57. The second-order valence-corrected chi connectivity index (χ2v) is 3.52. The highest BCUT2D eigenvalue weighted by molar-refractivity contribution is 5.91. The molecule has 0 N–H and O–H groups in total. The van der Waals surface area contributed by atoms with Gasteiger partial charge in [0, 0.05) is 19.2 Å². The smallest absolute Gasteiger partial charge is 0.292 e. The molecule has 4 heteroatoms. The van der Waals surface area contributed by atoms with Crippen LogP contribution in [-0.2, 0) is 0 Å². The molecule has 15 heavy (non-hydrogen) atoms. The van der Waals surface area contributed by atoms with Crippen molar-refractivity contribution in [1.82, 2.24) is 10.1 Å². The lowest BCUT2D eigenvalue weighted by molar-refractivity contribution is 0.0711. The van der Waals surface area contributed by atoms with Gasteiger partial charge in [0.2, 0.25) is 5.76 Å². The summed E-state index contributed by atoms with van der Waals surface area (Å²) in [6.45, 7) is 5.75. The molecule has 0 radical (unpaired) electrons. The molecule has 1 aromatic rings. The number of carbonyl (C=O) groups excluding carboxylic acids is 1. The Hall–Kier alpha value is -1.32. The number of carbonyl (C=O) groups is 1. The van der Waals surface area contributed by atoms with Crippen LogP contribution in [0.25, 0.3) is 0 Å². The number of aromatic nitrogens is 1. The number of nitrogens with zero attached hydrogens (tertiary/aromatic N) is 2. The van der Waals surface area contributed by atoms with E-state index in [2.05, 4.69) is 19.0 Å². The lowest BCUT2D eigenvalue weighted by Crippen LogP contribution is -2.32. The monoisotopic (exact) mass is 210 g/mol. The first-order valence-electron chi connectivity index (χ1n) is 5.49. The SMILES string of the molecule is CCCCN(CCC)C(=O)c1ccno1. The number of unbranched alkanes of at least 4 members (excludes halogenated alkanes) is 1. The van der Waals surface area contributed by atoms with Gasteiger partial charge in [0.05, 0.1) is 6.20 Å². The Morgan fingerprint density at radius 1 is 1.40 bits per heavy atom. The summed E-state index contributed by atoms with van der Waals surface area (Å²) in [5.41, 5.74) is 0. The minimum Gasteiger partial charge on any atom is -0.351 e. The van der Waals surface area contributed by atoms with Gasteiger partial charge in [-0.2, -0.15) is 0 Å². The van der Waals surface area contributed by atoms with Crippen molar-refractivity contribution in [1.29, 1.82) is 0 Å². The molecule has 0 unspecified atom stereocenters. The first kappa shape index (κ1) is 11.8. The Kier molecular flexibility index (Phi) is 4.87. The Bertz CT molecular complexity index is 283. The second kappa shape index (κ2) is 6.22. The van der Waals surface area contributed by atoms with Gasteiger partial charge in [0.15, 0.2) is 0 Å². The molecular weight excluding hydrogens is 192 g/mol. The van der Waals surface area contributed by atoms with Crippen LogP contribution in [-0.4, -0.2) is 29.1 Å². The maximum absolute atomic E-state index is 11.9. The maximum Gasteiger partial charge on any atom is 0.292 e. The summed E-state index contributed by atoms with van der Waals surface area (Å²) < 4.78 is 4.86. The normalized spacial score (nSPS) is 10.3. The van der Waals surface area contributed by atoms with E-state index in [1.807, 2.05) is 4.90 Å². The molecule has 0 saturated carbocycles. The van der Waals surface area contributed by atoms with Crippen molar-refractivity contribution in [3.05, 3.63) is 18.0 Å². The molecule has 4 nitrogen and oxygen atoms in total. The van der Waals surface area contributed by atoms with Crippen LogP contribution in [0.1, 0.15) is 43.7 Å². The molecule has 1 rings (SSSR count). The fourth-order valence-corrected chi connectivity index (χ4v) is 1.42. The lowest BCUT2D eigenvalue weighted by atomic mass is 10.2. The van der Waals surface area contributed by atoms with Crippen LogP contribution in [0.5, 0.6) is 0 Å². The van der Waals surface area contributed by atoms with Crippen molar-refractivity contribution in [2.75, 3.05) is 13.1 Å². The van der Waals surface area contributed by atoms with E-state index < -0.39 is 0 Å². The average Bonchev–Trinajstić information content (AvgIpc) is 2.76. The molecule has 1 amide bonds. The number of hydrogen-bond donors (Lipinski definition) is 0. The largest absolute Gasteiger partial charge is 0.351 e. The fourth-order valence-electron chi connectivity index (χ4n) is 1.42. The zero-order valence-corrected chi connectivity index (χ0v) is 9.40. The molecule has 0 bridgehead atoms. The highest BCUT2D eigenvalue weighted by Gasteiger charge is 2.17. The summed E-state index contributed by atoms with van der Waals surface area (Å²) in [5.74, 6) is 0.280. The molecule has 0 saturated heterocycles. The van der Waals surface area contributed by atoms with E-state index in [1.54, 1.807) is 6.07 Å². The van der Waals surface area contributed by atoms with E-state index in [-0.39, 0.29) is 5.91 Å². The second-order valence-electron chi connectivity index (χ2n) is 3.52. The van der Waals surface area contributed by atoms with Gasteiger partial charge in [-0.15, -0.1) is 0 Å². The predicted molar refractivity (Wildman–Crippen MR) is 57.6 cm³/mol. The molecule has 0 aliphatic carbocycles. The van der Waals surface area contributed by atoms with Crippen LogP contribution in [0.15, 0.2) is 16.8 Å². The van der Waals surface area contributed by atoms with Crippen LogP contribution in [0.2, 0.25) is 0 Å². The zero-order chi connectivity index (χ0) is 11.1. The number of hydrogen-bond acceptors (Lipinski definition) is 3. The zero-order valence-electron chi connectivity index (χ0n) is 9.40. The van der Waals surface area contributed by atoms with Crippen molar-refractivity contribution in [3.8, 4) is 0 Å². The van der Waals surface area contributed by atoms with Crippen molar-refractivity contribution in [2.45, 2.75) is 33.1 Å². The highest BCUT2D eigenvalue weighted by atomic mass is 16.5. The topological polar surface area (TPSA) is 46.3 Å². The van der Waals surface area contributed by atoms with Gasteiger partial charge in [0.1, 0.15) is 0 Å². The highest BCUT2D eigenvalue weighted by Crippen LogP contribution is 2.06. The van der Waals surface area contributed by atoms with Crippen molar-refractivity contribution in [2.24, 2.45) is 0 Å². The molecule has 84 valence electrons. The summed E-state index contributed by atoms with van der Waals surface area (Å²) in [4.78, 5) is 13.7. The third-order valence-corrected chi connectivity index (χ3v) is 2.21. The minimum absolute atomic E-state index is 0.0530. The molecular formula is C11H18N2O2. The predicted octanol–water partition coefficient (Wildman–Crippen LogP) is 2.33. The first-order chi connectivity index (χ1) is 7.29. The maximum atomic E-state index is 11.9. The van der Waals surface area contributed by atoms with E-state index in [4.69, 9.17) is 4.52 Å². The van der Waals surface area contributed by atoms with Gasteiger partial charge in [0.25, 0.3) is 5.91 Å². The molecule has 0 aromatic carbocycles. The van der Waals surface area contributed by atoms with Crippen LogP contribution >= 0.6 is 0 Å². The minimum atomic E-state index is -0.0530. The Morgan fingerprint density at radius 2 is 2.20 bits per heavy atom. The Morgan fingerprint density at radius 3 is 2.73 bits per heavy atom. The molecule has 1 heterocycles. The average molecular weight is 210 g/mol. The van der Waals surface area contributed by atoms with Crippen molar-refractivity contribution < 1.29 is 9.32 Å². The van der Waals surface area contributed by atoms with E-state index in [9.17, 15) is 4.79 Å². The van der Waals surface area contributed by atoms with Gasteiger partial charge in [-0.1, -0.05) is 25.4 Å². The molecule has 0 spiro atoms. The van der Waals surface area contributed by atoms with Crippen LogP contribution in [0, 0.1) is 0 Å². The van der Waals surface area contributed by atoms with Gasteiger partial charge >= 0.3 is 0 Å². The summed E-state index contributed by atoms with van der Waals surface area (Å²) >= 11 is 0. The van der Waals surface area contributed by atoms with Crippen LogP contribution in [0.4, 0.5) is 0 Å². The van der Waals surface area contributed by atoms with E-state index in [0.29, 0.717) is 5.76 Å². The quantitative estimate of drug-likeness (QED) is 0.724. The Balaban J connectivity index is 2.58. The molecule has 0 fully saturated rings. The lowest BCUT2D eigenvalue weighted by Gasteiger charge is -2.20. The number of amides is 1. The summed E-state index contributed by atoms with van der Waals surface area (Å²) in [7, 11) is 0. The third kappa shape index (κ3) is 3.38. The van der Waals surface area contributed by atoms with Crippen molar-refractivity contribution >= 4 is 5.91 Å². The summed E-state index contributed by atoms with van der Waals surface area (Å²) in [5, 5.41) is 3.54. The fraction of sp³-hybridized carbons (Fsp3) is 0.636. The van der Waals surface area contributed by atoms with E-state index in [1.165, 1.54) is 6.20 Å². The number of rotatable bonds is 6. The van der Waals surface area contributed by atoms with Gasteiger partial charge in [-0.25, -0.2) is 0 Å². The molecule has 0 aliphatic rings. The molecule has 0 aliphatic heterocycles. The molecule has 0 atom stereocenters. The van der Waals surface area contributed by atoms with Gasteiger partial charge in [-0.05, 0) is 12.8 Å². The first-order valence-corrected chi connectivity index (χ1v) is 5.49. The standard InChI is InChI=1S/C11H18N2O2/c1-3-5-9-13(8-4-2)11(14)10-6-7-12-15-10/h6-7H,3-5,8-9H2,1-2H3.